The molecule has 200 valence electrons. The summed E-state index contributed by atoms with van der Waals surface area (Å²) in [5.74, 6) is -4.56. The third kappa shape index (κ3) is 14.5. The Labute approximate surface area is 212 Å². The van der Waals surface area contributed by atoms with E-state index in [1.807, 2.05) is 6.26 Å². The summed E-state index contributed by atoms with van der Waals surface area (Å²) in [6, 6.07) is -4.82. The second-order valence-electron chi connectivity index (χ2n) is 7.63. The van der Waals surface area contributed by atoms with Crippen molar-refractivity contribution in [2.45, 2.75) is 62.7 Å². The number of carbonyl (C=O) groups is 6. The van der Waals surface area contributed by atoms with Crippen LogP contribution in [-0.4, -0.2) is 94.0 Å². The molecule has 0 radical (unpaired) electrons. The van der Waals surface area contributed by atoms with Crippen LogP contribution in [0, 0.1) is 0 Å². The summed E-state index contributed by atoms with van der Waals surface area (Å²) in [6.45, 7) is 0. The first-order valence-electron chi connectivity index (χ1n) is 10.8. The zero-order valence-corrected chi connectivity index (χ0v) is 21.4. The van der Waals surface area contributed by atoms with Gasteiger partial charge in [-0.1, -0.05) is 0 Å². The minimum absolute atomic E-state index is 0.129. The van der Waals surface area contributed by atoms with Crippen molar-refractivity contribution in [3.05, 3.63) is 0 Å². The molecule has 0 rings (SSSR count). The maximum atomic E-state index is 12.9. The highest BCUT2D eigenvalue weighted by molar-refractivity contribution is 7.98. The zero-order valence-electron chi connectivity index (χ0n) is 19.8. The average molecular weight is 538 g/mol. The van der Waals surface area contributed by atoms with Crippen LogP contribution in [0.1, 0.15) is 38.5 Å². The summed E-state index contributed by atoms with van der Waals surface area (Å²) in [7, 11) is 0. The van der Waals surface area contributed by atoms with E-state index in [4.69, 9.17) is 16.6 Å². The van der Waals surface area contributed by atoms with Crippen molar-refractivity contribution in [1.29, 1.82) is 0 Å². The largest absolute Gasteiger partial charge is 0.481 e. The van der Waals surface area contributed by atoms with Gasteiger partial charge in [-0.2, -0.15) is 23.5 Å². The van der Waals surface area contributed by atoms with E-state index in [9.17, 15) is 33.9 Å². The van der Waals surface area contributed by atoms with Crippen LogP contribution in [0.25, 0.3) is 0 Å². The van der Waals surface area contributed by atoms with Crippen molar-refractivity contribution >= 4 is 59.1 Å². The molecule has 0 saturated carbocycles. The van der Waals surface area contributed by atoms with Crippen molar-refractivity contribution in [2.24, 2.45) is 11.5 Å². The minimum Gasteiger partial charge on any atom is -0.481 e. The van der Waals surface area contributed by atoms with Crippen LogP contribution >= 0.6 is 23.5 Å². The average Bonchev–Trinajstić information content (AvgIpc) is 2.79. The van der Waals surface area contributed by atoms with Gasteiger partial charge in [-0.15, -0.1) is 0 Å². The van der Waals surface area contributed by atoms with Gasteiger partial charge in [-0.25, -0.2) is 4.79 Å². The molecule has 0 bridgehead atoms. The van der Waals surface area contributed by atoms with Gasteiger partial charge in [0.05, 0.1) is 6.04 Å². The summed E-state index contributed by atoms with van der Waals surface area (Å²) in [5.41, 5.74) is 11.0. The quantitative estimate of drug-likeness (QED) is 0.100. The summed E-state index contributed by atoms with van der Waals surface area (Å²) < 4.78 is 0. The number of nitrogens with two attached hydrogens (primary N) is 2. The van der Waals surface area contributed by atoms with E-state index in [0.717, 1.165) is 0 Å². The maximum Gasteiger partial charge on any atom is 0.326 e. The van der Waals surface area contributed by atoms with E-state index < -0.39 is 66.2 Å². The summed E-state index contributed by atoms with van der Waals surface area (Å²) >= 11 is 2.86. The number of carboxylic acids is 2. The molecule has 0 aromatic carbocycles. The van der Waals surface area contributed by atoms with Crippen molar-refractivity contribution < 1.29 is 39.0 Å². The molecule has 0 aliphatic heterocycles. The van der Waals surface area contributed by atoms with Gasteiger partial charge in [0.25, 0.3) is 0 Å². The molecule has 13 nitrogen and oxygen atoms in total. The fraction of sp³-hybridized carbons (Fsp3) is 0.700. The first-order chi connectivity index (χ1) is 16.4. The predicted molar refractivity (Wildman–Crippen MR) is 133 cm³/mol. The van der Waals surface area contributed by atoms with E-state index in [0.29, 0.717) is 17.9 Å². The predicted octanol–water partition coefficient (Wildman–Crippen LogP) is -1.51. The second kappa shape index (κ2) is 17.8. The highest BCUT2D eigenvalue weighted by atomic mass is 32.2. The molecule has 35 heavy (non-hydrogen) atoms. The Balaban J connectivity index is 5.56. The molecule has 4 atom stereocenters. The first kappa shape index (κ1) is 32.5. The second-order valence-corrected chi connectivity index (χ2v) is 9.60. The zero-order chi connectivity index (χ0) is 27.0. The number of hydrogen-bond acceptors (Lipinski definition) is 9. The summed E-state index contributed by atoms with van der Waals surface area (Å²) in [5, 5.41) is 25.5. The monoisotopic (exact) mass is 537 g/mol. The van der Waals surface area contributed by atoms with Gasteiger partial charge in [0.2, 0.25) is 23.6 Å². The van der Waals surface area contributed by atoms with Crippen LogP contribution in [0.2, 0.25) is 0 Å². The first-order valence-corrected chi connectivity index (χ1v) is 13.6. The lowest BCUT2D eigenvalue weighted by Crippen LogP contribution is -2.57. The highest BCUT2D eigenvalue weighted by Crippen LogP contribution is 2.07. The maximum absolute atomic E-state index is 12.9. The molecule has 0 fully saturated rings. The van der Waals surface area contributed by atoms with Gasteiger partial charge in [-0.3, -0.25) is 24.0 Å². The van der Waals surface area contributed by atoms with Gasteiger partial charge in [0.1, 0.15) is 18.1 Å². The van der Waals surface area contributed by atoms with Gasteiger partial charge in [-0.05, 0) is 49.7 Å². The molecule has 0 aliphatic carbocycles. The summed E-state index contributed by atoms with van der Waals surface area (Å²) in [6.07, 6.45) is 2.82. The number of primary amides is 1. The Bertz CT molecular complexity index is 755. The molecule has 0 heterocycles. The van der Waals surface area contributed by atoms with Gasteiger partial charge >= 0.3 is 11.9 Å². The van der Waals surface area contributed by atoms with E-state index in [1.54, 1.807) is 6.26 Å². The molecular weight excluding hydrogens is 502 g/mol. The number of aliphatic carboxylic acids is 2. The Hall–Kier alpha value is -2.52. The number of carbonyl (C=O) groups excluding carboxylic acids is 4. The lowest BCUT2D eigenvalue weighted by Gasteiger charge is -2.25. The van der Waals surface area contributed by atoms with E-state index in [1.165, 1.54) is 23.5 Å². The molecule has 0 saturated heterocycles. The lowest BCUT2D eigenvalue weighted by molar-refractivity contribution is -0.142. The fourth-order valence-electron chi connectivity index (χ4n) is 2.78. The Kier molecular flexibility index (Phi) is 16.6. The number of carboxylic acid groups (broad SMARTS) is 2. The van der Waals surface area contributed by atoms with E-state index in [2.05, 4.69) is 16.0 Å². The highest BCUT2D eigenvalue weighted by Gasteiger charge is 2.30. The fourth-order valence-corrected chi connectivity index (χ4v) is 3.75. The third-order valence-corrected chi connectivity index (χ3v) is 6.08. The Morgan fingerprint density at radius 3 is 1.63 bits per heavy atom. The van der Waals surface area contributed by atoms with Crippen LogP contribution in [-0.2, 0) is 28.8 Å². The summed E-state index contributed by atoms with van der Waals surface area (Å²) in [4.78, 5) is 71.8. The van der Waals surface area contributed by atoms with Crippen LogP contribution in [0.4, 0.5) is 0 Å². The SMILES string of the molecule is CSCCC(N)C(=O)NC(CCC(=O)O)C(=O)NC(CCC(N)=O)C(=O)NC(CCSC)C(=O)O. The molecule has 4 amide bonds. The lowest BCUT2D eigenvalue weighted by atomic mass is 10.1. The van der Waals surface area contributed by atoms with Crippen LogP contribution in [0.15, 0.2) is 0 Å². The Morgan fingerprint density at radius 2 is 1.17 bits per heavy atom. The van der Waals surface area contributed by atoms with Gasteiger partial charge in [0, 0.05) is 12.8 Å². The third-order valence-electron chi connectivity index (χ3n) is 4.79. The van der Waals surface area contributed by atoms with Crippen molar-refractivity contribution in [3.63, 3.8) is 0 Å². The van der Waals surface area contributed by atoms with Crippen LogP contribution < -0.4 is 27.4 Å². The van der Waals surface area contributed by atoms with Gasteiger partial charge < -0.3 is 37.6 Å². The molecule has 0 aliphatic rings. The normalized spacial score (nSPS) is 14.1. The topological polar surface area (TPSA) is 231 Å². The van der Waals surface area contributed by atoms with Crippen LogP contribution in [0.5, 0.6) is 0 Å². The number of nitrogens with one attached hydrogen (secondary N) is 3. The Morgan fingerprint density at radius 1 is 0.714 bits per heavy atom. The molecule has 9 N–H and O–H groups in total. The van der Waals surface area contributed by atoms with E-state index >= 15 is 0 Å². The van der Waals surface area contributed by atoms with Crippen LogP contribution in [0.3, 0.4) is 0 Å². The van der Waals surface area contributed by atoms with E-state index in [-0.39, 0.29) is 25.7 Å². The molecule has 0 aromatic heterocycles. The van der Waals surface area contributed by atoms with Crippen molar-refractivity contribution in [1.82, 2.24) is 16.0 Å². The van der Waals surface area contributed by atoms with Gasteiger partial charge in [0.15, 0.2) is 0 Å². The molecular formula is C20H35N5O8S2. The molecule has 0 aromatic rings. The smallest absolute Gasteiger partial charge is 0.326 e. The number of amides is 4. The van der Waals surface area contributed by atoms with Crippen molar-refractivity contribution in [3.8, 4) is 0 Å². The van der Waals surface area contributed by atoms with Crippen molar-refractivity contribution in [2.75, 3.05) is 24.0 Å². The minimum atomic E-state index is -1.35. The number of rotatable bonds is 19. The standard InChI is InChI=1S/C20H35N5O8S2/c1-34-9-7-11(21)17(29)23-13(4-6-16(27)28)18(30)24-12(3-5-15(22)26)19(31)25-14(20(32)33)8-10-35-2/h11-14H,3-10,21H2,1-2H3,(H2,22,26)(H,23,29)(H,24,30)(H,25,31)(H,27,28)(H,32,33). The number of hydrogen-bond donors (Lipinski definition) is 7. The molecule has 0 spiro atoms. The number of thioether (sulfide) groups is 2. The molecule has 4 unspecified atom stereocenters. The molecule has 15 heteroatoms.